The minimum Gasteiger partial charge on any atom is -0.466 e. The number of ether oxygens (including phenoxy) is 1. The van der Waals surface area contributed by atoms with Crippen LogP contribution in [-0.2, 0) is 14.3 Å². The normalized spacial score (nSPS) is 13.2. The van der Waals surface area contributed by atoms with Crippen LogP contribution in [-0.4, -0.2) is 55.3 Å². The summed E-state index contributed by atoms with van der Waals surface area (Å²) in [4.78, 5) is 52.6. The van der Waals surface area contributed by atoms with E-state index in [-0.39, 0.29) is 37.6 Å². The number of fused-ring (bicyclic) bond motifs is 1. The number of hydrogen-bond donors (Lipinski definition) is 1. The molecular formula is C23H22N4O5. The minimum atomic E-state index is -0.450. The molecular weight excluding hydrogens is 412 g/mol. The van der Waals surface area contributed by atoms with Gasteiger partial charge in [-0.1, -0.05) is 0 Å². The zero-order chi connectivity index (χ0) is 23.3. The summed E-state index contributed by atoms with van der Waals surface area (Å²) in [5, 5.41) is 11.6. The van der Waals surface area contributed by atoms with E-state index in [0.717, 1.165) is 0 Å². The zero-order valence-electron chi connectivity index (χ0n) is 17.8. The number of hydrogen-bond acceptors (Lipinski definition) is 6. The van der Waals surface area contributed by atoms with Gasteiger partial charge in [-0.3, -0.25) is 19.2 Å². The second-order valence-electron chi connectivity index (χ2n) is 7.11. The van der Waals surface area contributed by atoms with Crippen LogP contribution in [0.4, 0.5) is 11.4 Å². The molecule has 32 heavy (non-hydrogen) atoms. The van der Waals surface area contributed by atoms with Crippen LogP contribution in [0.5, 0.6) is 0 Å². The molecule has 0 saturated heterocycles. The first-order valence-corrected chi connectivity index (χ1v) is 10.0. The molecule has 2 aromatic carbocycles. The van der Waals surface area contributed by atoms with Crippen LogP contribution >= 0.6 is 0 Å². The molecule has 0 aliphatic carbocycles. The molecule has 0 spiro atoms. The van der Waals surface area contributed by atoms with Gasteiger partial charge in [0.1, 0.15) is 6.54 Å². The van der Waals surface area contributed by atoms with Crippen molar-refractivity contribution < 1.29 is 23.9 Å². The number of nitrogens with zero attached hydrogens (tertiary/aromatic N) is 3. The van der Waals surface area contributed by atoms with E-state index in [1.165, 1.54) is 40.1 Å². The van der Waals surface area contributed by atoms with E-state index >= 15 is 0 Å². The molecule has 3 rings (SSSR count). The number of anilines is 2. The highest BCUT2D eigenvalue weighted by Gasteiger charge is 2.30. The molecule has 2 aromatic rings. The van der Waals surface area contributed by atoms with Crippen LogP contribution in [0.1, 0.15) is 39.6 Å². The molecule has 9 heteroatoms. The van der Waals surface area contributed by atoms with Gasteiger partial charge in [-0.25, -0.2) is 0 Å². The standard InChI is InChI=1S/C23H22N4O5/c1-3-32-21(29)10-11-27-14-20(28)26(2)19-9-8-17(12-18(19)23(27)31)25-22(30)16-6-4-15(13-24)5-7-16/h4-9,12H,3,10-11,14H2,1-2H3,(H,25,30). The lowest BCUT2D eigenvalue weighted by molar-refractivity contribution is -0.143. The summed E-state index contributed by atoms with van der Waals surface area (Å²) in [5.74, 6) is -1.57. The Labute approximate surface area is 185 Å². The van der Waals surface area contributed by atoms with Crippen molar-refractivity contribution in [3.8, 4) is 6.07 Å². The van der Waals surface area contributed by atoms with Gasteiger partial charge in [0, 0.05) is 24.8 Å². The fourth-order valence-corrected chi connectivity index (χ4v) is 3.26. The summed E-state index contributed by atoms with van der Waals surface area (Å²) >= 11 is 0. The van der Waals surface area contributed by atoms with Crippen molar-refractivity contribution in [2.75, 3.05) is 37.0 Å². The van der Waals surface area contributed by atoms with Crippen molar-refractivity contribution in [1.82, 2.24) is 4.90 Å². The van der Waals surface area contributed by atoms with E-state index in [1.54, 1.807) is 26.1 Å². The fraction of sp³-hybridized carbons (Fsp3) is 0.261. The first-order chi connectivity index (χ1) is 15.3. The molecule has 1 N–H and O–H groups in total. The van der Waals surface area contributed by atoms with Gasteiger partial charge in [0.15, 0.2) is 0 Å². The van der Waals surface area contributed by atoms with E-state index < -0.39 is 17.8 Å². The topological polar surface area (TPSA) is 120 Å². The van der Waals surface area contributed by atoms with Gasteiger partial charge in [0.2, 0.25) is 5.91 Å². The Kier molecular flexibility index (Phi) is 6.85. The third-order valence-corrected chi connectivity index (χ3v) is 5.00. The average molecular weight is 434 g/mol. The van der Waals surface area contributed by atoms with Crippen molar-refractivity contribution >= 4 is 35.1 Å². The third-order valence-electron chi connectivity index (χ3n) is 5.00. The van der Waals surface area contributed by atoms with E-state index in [0.29, 0.717) is 22.5 Å². The highest BCUT2D eigenvalue weighted by molar-refractivity contribution is 6.11. The molecule has 9 nitrogen and oxygen atoms in total. The molecule has 0 bridgehead atoms. The van der Waals surface area contributed by atoms with Crippen molar-refractivity contribution in [3.05, 3.63) is 59.2 Å². The second-order valence-corrected chi connectivity index (χ2v) is 7.11. The van der Waals surface area contributed by atoms with Crippen LogP contribution < -0.4 is 10.2 Å². The van der Waals surface area contributed by atoms with Crippen molar-refractivity contribution in [1.29, 1.82) is 5.26 Å². The number of benzene rings is 2. The average Bonchev–Trinajstić information content (AvgIpc) is 2.88. The van der Waals surface area contributed by atoms with Crippen molar-refractivity contribution in [2.24, 2.45) is 0 Å². The van der Waals surface area contributed by atoms with Crippen LogP contribution in [0.25, 0.3) is 0 Å². The van der Waals surface area contributed by atoms with Crippen LogP contribution in [0.3, 0.4) is 0 Å². The van der Waals surface area contributed by atoms with Gasteiger partial charge in [0.25, 0.3) is 11.8 Å². The summed E-state index contributed by atoms with van der Waals surface area (Å²) in [7, 11) is 1.57. The zero-order valence-corrected chi connectivity index (χ0v) is 17.8. The molecule has 1 heterocycles. The lowest BCUT2D eigenvalue weighted by atomic mass is 10.1. The molecule has 1 aliphatic heterocycles. The third kappa shape index (κ3) is 4.92. The molecule has 164 valence electrons. The quantitative estimate of drug-likeness (QED) is 0.696. The van der Waals surface area contributed by atoms with E-state index in [9.17, 15) is 19.2 Å². The highest BCUT2D eigenvalue weighted by atomic mass is 16.5. The van der Waals surface area contributed by atoms with Crippen LogP contribution in [0, 0.1) is 11.3 Å². The number of likely N-dealkylation sites (N-methyl/N-ethyl adjacent to an activating group) is 1. The van der Waals surface area contributed by atoms with Crippen LogP contribution in [0.2, 0.25) is 0 Å². The summed E-state index contributed by atoms with van der Waals surface area (Å²) in [6, 6.07) is 12.8. The molecule has 0 unspecified atom stereocenters. The Morgan fingerprint density at radius 3 is 2.53 bits per heavy atom. The minimum absolute atomic E-state index is 0.0268. The Morgan fingerprint density at radius 2 is 1.88 bits per heavy atom. The Balaban J connectivity index is 1.83. The highest BCUT2D eigenvalue weighted by Crippen LogP contribution is 2.28. The molecule has 0 atom stereocenters. The van der Waals surface area contributed by atoms with E-state index in [1.807, 2.05) is 6.07 Å². The van der Waals surface area contributed by atoms with Gasteiger partial charge in [-0.15, -0.1) is 0 Å². The summed E-state index contributed by atoms with van der Waals surface area (Å²) in [6.07, 6.45) is -0.0268. The largest absolute Gasteiger partial charge is 0.466 e. The Bertz CT molecular complexity index is 1100. The maximum atomic E-state index is 13.1. The monoisotopic (exact) mass is 434 g/mol. The SMILES string of the molecule is CCOC(=O)CCN1CC(=O)N(C)c2ccc(NC(=O)c3ccc(C#N)cc3)cc2C1=O. The molecule has 3 amide bonds. The molecule has 0 aromatic heterocycles. The number of esters is 1. The van der Waals surface area contributed by atoms with Gasteiger partial charge in [-0.2, -0.15) is 5.26 Å². The smallest absolute Gasteiger partial charge is 0.307 e. The van der Waals surface area contributed by atoms with E-state index in [4.69, 9.17) is 10.00 Å². The van der Waals surface area contributed by atoms with Gasteiger partial charge >= 0.3 is 5.97 Å². The van der Waals surface area contributed by atoms with Crippen LogP contribution in [0.15, 0.2) is 42.5 Å². The van der Waals surface area contributed by atoms with Gasteiger partial charge < -0.3 is 19.9 Å². The van der Waals surface area contributed by atoms with Crippen molar-refractivity contribution in [3.63, 3.8) is 0 Å². The molecule has 1 aliphatic rings. The predicted octanol–water partition coefficient (Wildman–Crippen LogP) is 2.18. The number of rotatable bonds is 6. The second kappa shape index (κ2) is 9.75. The maximum absolute atomic E-state index is 13.1. The Hall–Kier alpha value is -4.19. The number of amides is 3. The molecule has 0 saturated carbocycles. The fourth-order valence-electron chi connectivity index (χ4n) is 3.26. The van der Waals surface area contributed by atoms with E-state index in [2.05, 4.69) is 5.32 Å². The van der Waals surface area contributed by atoms with Gasteiger partial charge in [0.05, 0.1) is 35.9 Å². The maximum Gasteiger partial charge on any atom is 0.307 e. The molecule has 0 radical (unpaired) electrons. The lowest BCUT2D eigenvalue weighted by Gasteiger charge is -2.19. The number of nitrogens with one attached hydrogen (secondary N) is 1. The lowest BCUT2D eigenvalue weighted by Crippen LogP contribution is -2.39. The number of carbonyl (C=O) groups excluding carboxylic acids is 4. The number of nitriles is 1. The number of carbonyl (C=O) groups is 4. The summed E-state index contributed by atoms with van der Waals surface area (Å²) in [6.45, 7) is 1.80. The first-order valence-electron chi connectivity index (χ1n) is 10.0. The molecule has 0 fully saturated rings. The van der Waals surface area contributed by atoms with Gasteiger partial charge in [-0.05, 0) is 49.4 Å². The van der Waals surface area contributed by atoms with Crippen molar-refractivity contribution in [2.45, 2.75) is 13.3 Å². The predicted molar refractivity (Wildman–Crippen MR) is 116 cm³/mol. The summed E-state index contributed by atoms with van der Waals surface area (Å²) in [5.41, 5.74) is 1.82. The first kappa shape index (κ1) is 22.5. The summed E-state index contributed by atoms with van der Waals surface area (Å²) < 4.78 is 4.90. The Morgan fingerprint density at radius 1 is 1.16 bits per heavy atom.